The third kappa shape index (κ3) is 7.40. The third-order valence-corrected chi connectivity index (χ3v) is 21.9. The van der Waals surface area contributed by atoms with Crippen molar-refractivity contribution in [2.24, 2.45) is 0 Å². The van der Waals surface area contributed by atoms with Crippen molar-refractivity contribution in [1.29, 1.82) is 5.41 Å². The maximum atomic E-state index is 9.50. The Morgan fingerprint density at radius 2 is 1.25 bits per heavy atom. The Morgan fingerprint density at radius 3 is 1.73 bits per heavy atom. The van der Waals surface area contributed by atoms with Crippen LogP contribution in [0.15, 0.2) is 104 Å². The SMILES string of the molecule is CC(C)(C)[Si](C)(C)OC[C@H]1O[C@@H](n2cnc3c(=N)n(SC(c4ccccc4)(c4ccccc4)c4ccccc4)cnc32)C[C@@H]1O[Si](C)(C)C(C)(C)C. The average molecular weight is 754 g/mol. The van der Waals surface area contributed by atoms with Crippen LogP contribution in [0.25, 0.3) is 11.2 Å². The number of ether oxygens (including phenoxy) is 1. The summed E-state index contributed by atoms with van der Waals surface area (Å²) in [7, 11) is -4.14. The predicted molar refractivity (Wildman–Crippen MR) is 217 cm³/mol. The van der Waals surface area contributed by atoms with Gasteiger partial charge in [0, 0.05) is 6.42 Å². The lowest BCUT2D eigenvalue weighted by Gasteiger charge is -2.40. The molecular weight excluding hydrogens is 699 g/mol. The molecule has 5 aromatic rings. The van der Waals surface area contributed by atoms with Crippen molar-refractivity contribution in [3.8, 4) is 0 Å². The molecule has 0 bridgehead atoms. The Bertz CT molecular complexity index is 1930. The van der Waals surface area contributed by atoms with Gasteiger partial charge in [0.15, 0.2) is 33.3 Å². The van der Waals surface area contributed by atoms with Gasteiger partial charge in [-0.25, -0.2) is 9.97 Å². The van der Waals surface area contributed by atoms with Gasteiger partial charge in [0.2, 0.25) is 0 Å². The zero-order valence-corrected chi connectivity index (χ0v) is 35.2. The van der Waals surface area contributed by atoms with Crippen molar-refractivity contribution >= 4 is 39.7 Å². The molecule has 1 aliphatic heterocycles. The van der Waals surface area contributed by atoms with Crippen LogP contribution in [0.2, 0.25) is 36.3 Å². The molecule has 1 N–H and O–H groups in total. The van der Waals surface area contributed by atoms with Crippen molar-refractivity contribution in [2.45, 2.75) is 107 Å². The highest BCUT2D eigenvalue weighted by atomic mass is 32.2. The van der Waals surface area contributed by atoms with Crippen LogP contribution in [0.3, 0.4) is 0 Å². The quantitative estimate of drug-likeness (QED) is 0.107. The molecule has 276 valence electrons. The van der Waals surface area contributed by atoms with Crippen LogP contribution in [-0.2, 0) is 18.3 Å². The molecule has 2 aromatic heterocycles. The summed E-state index contributed by atoms with van der Waals surface area (Å²) in [5.41, 5.74) is 4.72. The topological polar surface area (TPSA) is 87.2 Å². The second-order valence-electron chi connectivity index (χ2n) is 17.0. The highest BCUT2D eigenvalue weighted by Crippen LogP contribution is 2.49. The number of fused-ring (bicyclic) bond motifs is 1. The second kappa shape index (κ2) is 14.5. The molecule has 3 heterocycles. The van der Waals surface area contributed by atoms with Gasteiger partial charge in [-0.05, 0) is 64.9 Å². The molecule has 0 unspecified atom stereocenters. The highest BCUT2D eigenvalue weighted by molar-refractivity contribution is 7.99. The van der Waals surface area contributed by atoms with Gasteiger partial charge >= 0.3 is 0 Å². The first-order valence-electron chi connectivity index (χ1n) is 18.3. The smallest absolute Gasteiger partial charge is 0.192 e. The summed E-state index contributed by atoms with van der Waals surface area (Å²) in [5, 5.41) is 9.64. The Morgan fingerprint density at radius 1 is 0.750 bits per heavy atom. The van der Waals surface area contributed by atoms with Crippen LogP contribution in [0.4, 0.5) is 0 Å². The number of nitrogens with one attached hydrogen (secondary N) is 1. The first kappa shape index (κ1) is 38.4. The predicted octanol–water partition coefficient (Wildman–Crippen LogP) is 9.90. The van der Waals surface area contributed by atoms with Crippen LogP contribution in [0.5, 0.6) is 0 Å². The van der Waals surface area contributed by atoms with E-state index >= 15 is 0 Å². The van der Waals surface area contributed by atoms with Gasteiger partial charge in [0.1, 0.15) is 23.4 Å². The Hall–Kier alpha value is -3.33. The Balaban J connectivity index is 1.37. The van der Waals surface area contributed by atoms with Crippen molar-refractivity contribution in [3.05, 3.63) is 126 Å². The van der Waals surface area contributed by atoms with E-state index in [0.29, 0.717) is 24.2 Å². The van der Waals surface area contributed by atoms with Crippen LogP contribution in [0, 0.1) is 5.41 Å². The fourth-order valence-electron chi connectivity index (χ4n) is 6.23. The number of rotatable bonds is 11. The molecule has 11 heteroatoms. The maximum absolute atomic E-state index is 9.50. The van der Waals surface area contributed by atoms with Gasteiger partial charge < -0.3 is 13.6 Å². The summed E-state index contributed by atoms with van der Waals surface area (Å²) in [6.45, 7) is 23.2. The van der Waals surface area contributed by atoms with Gasteiger partial charge in [0.05, 0.1) is 19.0 Å². The second-order valence-corrected chi connectivity index (χ2v) is 27.7. The molecule has 0 amide bonds. The maximum Gasteiger partial charge on any atom is 0.192 e. The van der Waals surface area contributed by atoms with E-state index < -0.39 is 21.4 Å². The summed E-state index contributed by atoms with van der Waals surface area (Å²) in [5.74, 6) is 0. The zero-order valence-electron chi connectivity index (χ0n) is 32.4. The molecule has 1 saturated heterocycles. The van der Waals surface area contributed by atoms with Gasteiger partial charge in [0.25, 0.3) is 0 Å². The lowest BCUT2D eigenvalue weighted by atomic mass is 9.84. The minimum atomic E-state index is -2.12. The number of aromatic nitrogens is 4. The normalized spacial score (nSPS) is 19.0. The van der Waals surface area contributed by atoms with Crippen molar-refractivity contribution in [2.75, 3.05) is 6.61 Å². The summed E-state index contributed by atoms with van der Waals surface area (Å²) in [4.78, 5) is 9.77. The van der Waals surface area contributed by atoms with E-state index in [1.54, 1.807) is 24.6 Å². The number of hydrogen-bond donors (Lipinski definition) is 1. The van der Waals surface area contributed by atoms with Crippen molar-refractivity contribution < 1.29 is 13.6 Å². The number of imidazole rings is 1. The molecule has 0 radical (unpaired) electrons. The molecule has 0 aliphatic carbocycles. The molecule has 1 aliphatic rings. The molecule has 0 spiro atoms. The van der Waals surface area contributed by atoms with Crippen LogP contribution < -0.4 is 5.49 Å². The molecular formula is C41H55N5O3SSi2. The largest absolute Gasteiger partial charge is 0.414 e. The molecule has 3 atom stereocenters. The van der Waals surface area contributed by atoms with Crippen LogP contribution >= 0.6 is 11.9 Å². The van der Waals surface area contributed by atoms with E-state index in [1.165, 1.54) is 0 Å². The minimum absolute atomic E-state index is 0.0546. The summed E-state index contributed by atoms with van der Waals surface area (Å²) < 4.78 is 23.8. The van der Waals surface area contributed by atoms with Gasteiger partial charge in [-0.1, -0.05) is 133 Å². The lowest BCUT2D eigenvalue weighted by Crippen LogP contribution is -2.48. The van der Waals surface area contributed by atoms with Gasteiger partial charge in [-0.3, -0.25) is 13.9 Å². The minimum Gasteiger partial charge on any atom is -0.414 e. The Labute approximate surface area is 315 Å². The van der Waals surface area contributed by atoms with Crippen LogP contribution in [0.1, 0.15) is 70.9 Å². The summed E-state index contributed by atoms with van der Waals surface area (Å²) in [6.07, 6.45) is 3.48. The third-order valence-electron chi connectivity index (χ3n) is 11.4. The molecule has 6 rings (SSSR count). The van der Waals surface area contributed by atoms with Crippen molar-refractivity contribution in [1.82, 2.24) is 18.5 Å². The summed E-state index contributed by atoms with van der Waals surface area (Å²) in [6, 6.07) is 31.5. The number of nitrogens with zero attached hydrogens (tertiary/aromatic N) is 4. The standard InChI is InChI=1S/C41H55N5O3SSi2/c1-39(2,3)51(7,8)47-27-34-33(49-52(9,10)40(4,5)6)26-35(48-34)45-28-43-36-37(42)46(29-44-38(36)45)50-41(30-20-14-11-15-21-30,31-22-16-12-17-23-31)32-24-18-13-19-25-32/h11-25,28-29,33-35,42H,26-27H2,1-10H3/t33-,34+,35+/m0/s1. The molecule has 3 aromatic carbocycles. The highest BCUT2D eigenvalue weighted by Gasteiger charge is 2.47. The van der Waals surface area contributed by atoms with Gasteiger partial charge in [-0.15, -0.1) is 0 Å². The van der Waals surface area contributed by atoms with E-state index in [2.05, 4.69) is 141 Å². The van der Waals surface area contributed by atoms with E-state index in [4.69, 9.17) is 23.6 Å². The summed E-state index contributed by atoms with van der Waals surface area (Å²) >= 11 is 1.56. The molecule has 8 nitrogen and oxygen atoms in total. The molecule has 52 heavy (non-hydrogen) atoms. The average Bonchev–Trinajstić information content (AvgIpc) is 3.71. The number of benzene rings is 3. The van der Waals surface area contributed by atoms with E-state index in [9.17, 15) is 5.41 Å². The monoisotopic (exact) mass is 753 g/mol. The first-order chi connectivity index (χ1) is 24.4. The van der Waals surface area contributed by atoms with E-state index in [1.807, 2.05) is 26.7 Å². The molecule has 0 saturated carbocycles. The fraction of sp³-hybridized carbons (Fsp3) is 0.439. The van der Waals surface area contributed by atoms with E-state index in [-0.39, 0.29) is 34.0 Å². The molecule has 1 fully saturated rings. The fourth-order valence-corrected chi connectivity index (χ4v) is 9.89. The Kier molecular flexibility index (Phi) is 10.7. The number of hydrogen-bond acceptors (Lipinski definition) is 7. The van der Waals surface area contributed by atoms with E-state index in [0.717, 1.165) is 16.7 Å². The zero-order chi connectivity index (χ0) is 37.5. The van der Waals surface area contributed by atoms with Crippen LogP contribution in [-0.4, -0.2) is 54.0 Å². The lowest BCUT2D eigenvalue weighted by molar-refractivity contribution is -0.0383. The van der Waals surface area contributed by atoms with Gasteiger partial charge in [-0.2, -0.15) is 0 Å². The first-order valence-corrected chi connectivity index (χ1v) is 24.9. The van der Waals surface area contributed by atoms with Crippen molar-refractivity contribution in [3.63, 3.8) is 0 Å².